The number of thiophene rings is 1. The number of carbonyl (C=O) groups is 2. The van der Waals surface area contributed by atoms with Gasteiger partial charge in [-0.25, -0.2) is 4.98 Å². The normalized spacial score (nSPS) is 18.2. The molecular formula is C35H41N5O2S. The lowest BCUT2D eigenvalue weighted by Crippen LogP contribution is -2.47. The van der Waals surface area contributed by atoms with Crippen LogP contribution in [0.1, 0.15) is 66.0 Å². The lowest BCUT2D eigenvalue weighted by molar-refractivity contribution is -0.133. The van der Waals surface area contributed by atoms with Crippen LogP contribution in [0.15, 0.2) is 60.8 Å². The van der Waals surface area contributed by atoms with E-state index in [0.29, 0.717) is 25.3 Å². The summed E-state index contributed by atoms with van der Waals surface area (Å²) in [7, 11) is 0. The Bertz CT molecular complexity index is 1590. The molecule has 6 rings (SSSR count). The predicted molar refractivity (Wildman–Crippen MR) is 175 cm³/mol. The molecule has 0 aliphatic carbocycles. The maximum Gasteiger partial charge on any atom is 0.249 e. The molecule has 4 aromatic rings. The molecule has 8 heteroatoms. The van der Waals surface area contributed by atoms with E-state index in [1.54, 1.807) is 0 Å². The van der Waals surface area contributed by atoms with Gasteiger partial charge in [0.15, 0.2) is 0 Å². The first-order valence-corrected chi connectivity index (χ1v) is 16.4. The third-order valence-electron chi connectivity index (χ3n) is 9.06. The highest BCUT2D eigenvalue weighted by Crippen LogP contribution is 2.34. The van der Waals surface area contributed by atoms with Gasteiger partial charge in [0.1, 0.15) is 10.9 Å². The molecule has 2 amide bonds. The Hall–Kier alpha value is -3.59. The van der Waals surface area contributed by atoms with Crippen LogP contribution in [0.4, 0.5) is 5.69 Å². The minimum Gasteiger partial charge on any atom is -0.374 e. The third-order valence-corrected chi connectivity index (χ3v) is 10.2. The molecule has 2 saturated heterocycles. The largest absolute Gasteiger partial charge is 0.374 e. The number of piperidine rings is 2. The van der Waals surface area contributed by atoms with Crippen molar-refractivity contribution in [2.24, 2.45) is 5.73 Å². The number of nitrogens with zero attached hydrogens (tertiary/aromatic N) is 2. The number of imide groups is 1. The van der Waals surface area contributed by atoms with E-state index in [-0.39, 0.29) is 17.9 Å². The first-order chi connectivity index (χ1) is 21.0. The van der Waals surface area contributed by atoms with Gasteiger partial charge < -0.3 is 16.0 Å². The van der Waals surface area contributed by atoms with Crippen molar-refractivity contribution in [2.75, 3.05) is 25.0 Å². The monoisotopic (exact) mass is 595 g/mol. The summed E-state index contributed by atoms with van der Waals surface area (Å²) in [6, 6.07) is 19.2. The van der Waals surface area contributed by atoms with Crippen LogP contribution in [0.3, 0.4) is 0 Å². The zero-order chi connectivity index (χ0) is 29.8. The van der Waals surface area contributed by atoms with Gasteiger partial charge in [-0.3, -0.25) is 14.9 Å². The fourth-order valence-corrected chi connectivity index (χ4v) is 7.53. The van der Waals surface area contributed by atoms with Gasteiger partial charge in [-0.1, -0.05) is 30.3 Å². The van der Waals surface area contributed by atoms with Crippen LogP contribution >= 0.6 is 11.3 Å². The molecule has 7 nitrogen and oxygen atoms in total. The fraction of sp³-hybridized carbons (Fsp3) is 0.400. The van der Waals surface area contributed by atoms with E-state index in [1.807, 2.05) is 17.5 Å². The molecule has 2 aliphatic rings. The van der Waals surface area contributed by atoms with Gasteiger partial charge >= 0.3 is 0 Å². The molecule has 43 heavy (non-hydrogen) atoms. The zero-order valence-electron chi connectivity index (χ0n) is 24.9. The number of aryl methyl sites for hydroxylation is 2. The van der Waals surface area contributed by atoms with E-state index in [0.717, 1.165) is 36.6 Å². The number of pyridine rings is 1. The molecule has 1 unspecified atom stereocenters. The Morgan fingerprint density at radius 3 is 2.58 bits per heavy atom. The molecule has 4 N–H and O–H groups in total. The van der Waals surface area contributed by atoms with E-state index in [1.165, 1.54) is 63.8 Å². The van der Waals surface area contributed by atoms with Crippen LogP contribution in [0, 0.1) is 6.92 Å². The molecule has 0 saturated carbocycles. The van der Waals surface area contributed by atoms with Gasteiger partial charge in [-0.2, -0.15) is 0 Å². The Morgan fingerprint density at radius 2 is 1.84 bits per heavy atom. The Morgan fingerprint density at radius 1 is 1.02 bits per heavy atom. The summed E-state index contributed by atoms with van der Waals surface area (Å²) in [5.74, 6) is 0.160. The summed E-state index contributed by atoms with van der Waals surface area (Å²) < 4.78 is 0. The van der Waals surface area contributed by atoms with Crippen LogP contribution in [-0.2, 0) is 22.6 Å². The summed E-state index contributed by atoms with van der Waals surface area (Å²) in [6.07, 6.45) is 8.70. The number of amides is 2. The van der Waals surface area contributed by atoms with Gasteiger partial charge in [-0.15, -0.1) is 11.3 Å². The van der Waals surface area contributed by atoms with E-state index >= 15 is 0 Å². The molecule has 2 aromatic heterocycles. The Kier molecular flexibility index (Phi) is 9.17. The average Bonchev–Trinajstić information content (AvgIpc) is 3.45. The highest BCUT2D eigenvalue weighted by molar-refractivity contribution is 7.18. The van der Waals surface area contributed by atoms with Gasteiger partial charge in [0.25, 0.3) is 0 Å². The van der Waals surface area contributed by atoms with Crippen LogP contribution in [0.2, 0.25) is 0 Å². The van der Waals surface area contributed by atoms with Crippen molar-refractivity contribution in [3.8, 4) is 11.1 Å². The van der Waals surface area contributed by atoms with Crippen LogP contribution in [0.25, 0.3) is 21.3 Å². The SMILES string of the molecule is Cc1cc(-c2ccnc3sc(CCCCN4CCC(c5ccc(NC6CCC(=O)NC6=O)cc5)CC4)cc23)ccc1CN. The molecule has 0 spiro atoms. The zero-order valence-corrected chi connectivity index (χ0v) is 25.7. The summed E-state index contributed by atoms with van der Waals surface area (Å²) in [4.78, 5) is 33.3. The number of nitrogens with two attached hydrogens (primary N) is 1. The lowest BCUT2D eigenvalue weighted by atomic mass is 9.89. The molecule has 2 aliphatic heterocycles. The second kappa shape index (κ2) is 13.4. The minimum absolute atomic E-state index is 0.187. The van der Waals surface area contributed by atoms with Crippen molar-refractivity contribution in [2.45, 2.75) is 70.4 Å². The number of hydrogen-bond acceptors (Lipinski definition) is 7. The number of rotatable bonds is 10. The highest BCUT2D eigenvalue weighted by Gasteiger charge is 2.26. The maximum atomic E-state index is 12.0. The summed E-state index contributed by atoms with van der Waals surface area (Å²) >= 11 is 1.83. The number of carbonyl (C=O) groups excluding carboxylic acids is 2. The number of aromatic nitrogens is 1. The first kappa shape index (κ1) is 29.5. The minimum atomic E-state index is -0.344. The molecule has 4 heterocycles. The summed E-state index contributed by atoms with van der Waals surface area (Å²) in [5, 5.41) is 6.94. The number of likely N-dealkylation sites (tertiary alicyclic amines) is 1. The van der Waals surface area contributed by atoms with Gasteiger partial charge in [0.2, 0.25) is 11.8 Å². The van der Waals surface area contributed by atoms with Crippen LogP contribution in [-0.4, -0.2) is 47.4 Å². The van der Waals surface area contributed by atoms with Gasteiger partial charge in [0.05, 0.1) is 0 Å². The molecule has 0 radical (unpaired) electrons. The summed E-state index contributed by atoms with van der Waals surface area (Å²) in [5.41, 5.74) is 13.1. The van der Waals surface area contributed by atoms with E-state index in [4.69, 9.17) is 5.73 Å². The van der Waals surface area contributed by atoms with E-state index in [2.05, 4.69) is 82.0 Å². The van der Waals surface area contributed by atoms with Gasteiger partial charge in [-0.05, 0) is 123 Å². The molecule has 0 bridgehead atoms. The Labute approximate surface area is 257 Å². The second-order valence-electron chi connectivity index (χ2n) is 12.0. The van der Waals surface area contributed by atoms with E-state index in [9.17, 15) is 9.59 Å². The van der Waals surface area contributed by atoms with Crippen molar-refractivity contribution >= 4 is 39.1 Å². The van der Waals surface area contributed by atoms with Crippen molar-refractivity contribution < 1.29 is 9.59 Å². The van der Waals surface area contributed by atoms with Gasteiger partial charge in [0, 0.05) is 35.1 Å². The third kappa shape index (κ3) is 6.98. The highest BCUT2D eigenvalue weighted by atomic mass is 32.1. The fourth-order valence-electron chi connectivity index (χ4n) is 6.47. The van der Waals surface area contributed by atoms with E-state index < -0.39 is 0 Å². The Balaban J connectivity index is 0.954. The topological polar surface area (TPSA) is 100 Å². The number of fused-ring (bicyclic) bond motifs is 1. The van der Waals surface area contributed by atoms with Crippen molar-refractivity contribution in [1.82, 2.24) is 15.2 Å². The van der Waals surface area contributed by atoms with Crippen LogP contribution < -0.4 is 16.4 Å². The first-order valence-electron chi connectivity index (χ1n) is 15.6. The summed E-state index contributed by atoms with van der Waals surface area (Å²) in [6.45, 7) is 6.13. The molecule has 1 atom stereocenters. The van der Waals surface area contributed by atoms with Crippen LogP contribution in [0.5, 0.6) is 0 Å². The maximum absolute atomic E-state index is 12.0. The molecule has 2 aromatic carbocycles. The lowest BCUT2D eigenvalue weighted by Gasteiger charge is -2.32. The number of nitrogens with one attached hydrogen (secondary N) is 2. The molecular weight excluding hydrogens is 554 g/mol. The molecule has 224 valence electrons. The van der Waals surface area contributed by atoms with Crippen molar-refractivity contribution in [3.05, 3.63) is 82.4 Å². The molecule has 2 fully saturated rings. The van der Waals surface area contributed by atoms with Crippen molar-refractivity contribution in [3.63, 3.8) is 0 Å². The average molecular weight is 596 g/mol. The number of anilines is 1. The smallest absolute Gasteiger partial charge is 0.249 e. The van der Waals surface area contributed by atoms with Crippen molar-refractivity contribution in [1.29, 1.82) is 0 Å². The number of benzene rings is 2. The number of hydrogen-bond donors (Lipinski definition) is 3. The standard InChI is InChI=1S/C35H41N5O2S/c1-23-20-26(5-6-27(23)22-36)30-13-16-37-35-31(30)21-29(43-35)4-2-3-17-40-18-14-25(15-19-40)24-7-9-28(10-8-24)38-32-11-12-33(41)39-34(32)42/h5-10,13,16,20-21,25,32,38H,2-4,11-12,14-15,17-19,22,36H2,1H3,(H,39,41,42). The predicted octanol–water partition coefficient (Wildman–Crippen LogP) is 6.15. The second-order valence-corrected chi connectivity index (χ2v) is 13.1. The number of unbranched alkanes of at least 4 members (excludes halogenated alkanes) is 1. The quantitative estimate of drug-likeness (QED) is 0.150.